The summed E-state index contributed by atoms with van der Waals surface area (Å²) in [5, 5.41) is 7.05. The molecule has 1 fully saturated rings. The lowest BCUT2D eigenvalue weighted by Crippen LogP contribution is -2.55. The van der Waals surface area contributed by atoms with Gasteiger partial charge in [-0.05, 0) is 26.8 Å². The van der Waals surface area contributed by atoms with Crippen molar-refractivity contribution in [1.82, 2.24) is 25.2 Å². The maximum Gasteiger partial charge on any atom is 0.223 e. The van der Waals surface area contributed by atoms with Crippen LogP contribution in [0.3, 0.4) is 0 Å². The molecule has 1 aliphatic heterocycles. The zero-order chi connectivity index (χ0) is 18.7. The van der Waals surface area contributed by atoms with Crippen molar-refractivity contribution in [2.45, 2.75) is 52.7 Å². The van der Waals surface area contributed by atoms with E-state index >= 15 is 0 Å². The first kappa shape index (κ1) is 18.9. The predicted molar refractivity (Wildman–Crippen MR) is 103 cm³/mol. The van der Waals surface area contributed by atoms with Gasteiger partial charge in [0.1, 0.15) is 5.82 Å². The minimum atomic E-state index is -0.0862. The van der Waals surface area contributed by atoms with Crippen molar-refractivity contribution in [2.75, 3.05) is 18.4 Å². The summed E-state index contributed by atoms with van der Waals surface area (Å²) >= 11 is 1.54. The van der Waals surface area contributed by atoms with E-state index < -0.39 is 0 Å². The Bertz CT molecular complexity index is 757. The second-order valence-corrected chi connectivity index (χ2v) is 8.06. The standard InChI is InChI=1S/C18H26N6OS/c1-11-5-15(22-13(3)21-11)6-16-9-24(12(2)7-19-16)10-17-8-20-18(26-17)23-14(4)25/h5,8,12,16,19H,6-7,9-10H2,1-4H3,(H,20,23,25)/t12-,16+/m0/s1. The van der Waals surface area contributed by atoms with Crippen LogP contribution in [-0.2, 0) is 17.8 Å². The summed E-state index contributed by atoms with van der Waals surface area (Å²) in [5.41, 5.74) is 2.11. The Balaban J connectivity index is 1.62. The molecule has 1 saturated heterocycles. The van der Waals surface area contributed by atoms with Crippen molar-refractivity contribution in [2.24, 2.45) is 0 Å². The zero-order valence-electron chi connectivity index (χ0n) is 15.7. The smallest absolute Gasteiger partial charge is 0.223 e. The predicted octanol–water partition coefficient (Wildman–Crippen LogP) is 1.91. The second-order valence-electron chi connectivity index (χ2n) is 6.95. The highest BCUT2D eigenvalue weighted by Gasteiger charge is 2.26. The molecule has 2 atom stereocenters. The van der Waals surface area contributed by atoms with Crippen LogP contribution in [0.15, 0.2) is 12.3 Å². The van der Waals surface area contributed by atoms with Gasteiger partial charge in [-0.15, -0.1) is 11.3 Å². The van der Waals surface area contributed by atoms with E-state index in [1.807, 2.05) is 20.0 Å². The summed E-state index contributed by atoms with van der Waals surface area (Å²) in [4.78, 5) is 28.0. The van der Waals surface area contributed by atoms with E-state index in [-0.39, 0.29) is 5.91 Å². The Morgan fingerprint density at radius 1 is 1.42 bits per heavy atom. The van der Waals surface area contributed by atoms with Crippen molar-refractivity contribution >= 4 is 22.4 Å². The summed E-state index contributed by atoms with van der Waals surface area (Å²) < 4.78 is 0. The molecule has 0 aromatic carbocycles. The molecule has 1 amide bonds. The molecule has 0 bridgehead atoms. The fourth-order valence-corrected chi connectivity index (χ4v) is 4.18. The average Bonchev–Trinajstić information content (AvgIpc) is 2.96. The Kier molecular flexibility index (Phi) is 5.95. The van der Waals surface area contributed by atoms with Crippen molar-refractivity contribution in [3.05, 3.63) is 34.4 Å². The number of anilines is 1. The van der Waals surface area contributed by atoms with Crippen molar-refractivity contribution in [1.29, 1.82) is 0 Å². The number of hydrogen-bond donors (Lipinski definition) is 2. The lowest BCUT2D eigenvalue weighted by molar-refractivity contribution is -0.114. The molecule has 0 radical (unpaired) electrons. The van der Waals surface area contributed by atoms with Gasteiger partial charge in [0, 0.05) is 67.5 Å². The molecule has 0 unspecified atom stereocenters. The monoisotopic (exact) mass is 374 g/mol. The van der Waals surface area contributed by atoms with Gasteiger partial charge in [0.15, 0.2) is 5.13 Å². The number of carbonyl (C=O) groups is 1. The molecular weight excluding hydrogens is 348 g/mol. The van der Waals surface area contributed by atoms with Crippen molar-refractivity contribution in [3.8, 4) is 0 Å². The molecule has 2 aromatic heterocycles. The minimum absolute atomic E-state index is 0.0862. The Labute approximate surface area is 158 Å². The van der Waals surface area contributed by atoms with Gasteiger partial charge >= 0.3 is 0 Å². The van der Waals surface area contributed by atoms with E-state index in [1.165, 1.54) is 6.92 Å². The molecule has 3 heterocycles. The number of aryl methyl sites for hydroxylation is 2. The van der Waals surface area contributed by atoms with Crippen LogP contribution in [0.2, 0.25) is 0 Å². The molecule has 2 N–H and O–H groups in total. The Morgan fingerprint density at radius 2 is 2.23 bits per heavy atom. The van der Waals surface area contributed by atoms with Gasteiger partial charge in [-0.25, -0.2) is 15.0 Å². The third kappa shape index (κ3) is 5.06. The largest absolute Gasteiger partial charge is 0.311 e. The van der Waals surface area contributed by atoms with Crippen LogP contribution in [-0.4, -0.2) is 50.9 Å². The molecule has 7 nitrogen and oxygen atoms in total. The highest BCUT2D eigenvalue weighted by Crippen LogP contribution is 2.22. The molecular formula is C18H26N6OS. The number of aromatic nitrogens is 3. The van der Waals surface area contributed by atoms with E-state index in [0.717, 1.165) is 48.1 Å². The summed E-state index contributed by atoms with van der Waals surface area (Å²) in [6.07, 6.45) is 2.75. The van der Waals surface area contributed by atoms with E-state index in [1.54, 1.807) is 11.3 Å². The van der Waals surface area contributed by atoms with Crippen LogP contribution < -0.4 is 10.6 Å². The minimum Gasteiger partial charge on any atom is -0.311 e. The van der Waals surface area contributed by atoms with Gasteiger partial charge in [-0.2, -0.15) is 0 Å². The number of thiazole rings is 1. The average molecular weight is 375 g/mol. The molecule has 0 spiro atoms. The van der Waals surface area contributed by atoms with Crippen LogP contribution in [0, 0.1) is 13.8 Å². The number of nitrogens with one attached hydrogen (secondary N) is 2. The molecule has 1 aliphatic rings. The van der Waals surface area contributed by atoms with E-state index in [2.05, 4.69) is 43.5 Å². The molecule has 26 heavy (non-hydrogen) atoms. The van der Waals surface area contributed by atoms with Gasteiger partial charge in [0.05, 0.1) is 0 Å². The second kappa shape index (κ2) is 8.20. The normalized spacial score (nSPS) is 20.9. The van der Waals surface area contributed by atoms with E-state index in [0.29, 0.717) is 17.2 Å². The molecule has 3 rings (SSSR count). The zero-order valence-corrected chi connectivity index (χ0v) is 16.6. The van der Waals surface area contributed by atoms with E-state index in [9.17, 15) is 4.79 Å². The van der Waals surface area contributed by atoms with E-state index in [4.69, 9.17) is 0 Å². The van der Waals surface area contributed by atoms with Crippen LogP contribution in [0.4, 0.5) is 5.13 Å². The number of amides is 1. The van der Waals surface area contributed by atoms with Crippen molar-refractivity contribution in [3.63, 3.8) is 0 Å². The SMILES string of the molecule is CC(=O)Nc1ncc(CN2C[C@@H](Cc3cc(C)nc(C)n3)NC[C@@H]2C)s1. The molecule has 2 aromatic rings. The number of nitrogens with zero attached hydrogens (tertiary/aromatic N) is 4. The summed E-state index contributed by atoms with van der Waals surface area (Å²) in [6, 6.07) is 2.88. The summed E-state index contributed by atoms with van der Waals surface area (Å²) in [6.45, 7) is 10.4. The lowest BCUT2D eigenvalue weighted by atomic mass is 10.0. The Hall–Kier alpha value is -1.90. The van der Waals surface area contributed by atoms with Gasteiger partial charge in [0.2, 0.25) is 5.91 Å². The number of hydrogen-bond acceptors (Lipinski definition) is 7. The summed E-state index contributed by atoms with van der Waals surface area (Å²) in [7, 11) is 0. The van der Waals surface area contributed by atoms with Crippen LogP contribution >= 0.6 is 11.3 Å². The van der Waals surface area contributed by atoms with Crippen LogP contribution in [0.5, 0.6) is 0 Å². The Morgan fingerprint density at radius 3 is 2.96 bits per heavy atom. The first-order valence-corrected chi connectivity index (χ1v) is 9.71. The maximum absolute atomic E-state index is 11.2. The molecule has 0 aliphatic carbocycles. The third-order valence-electron chi connectivity index (χ3n) is 4.45. The topological polar surface area (TPSA) is 83.0 Å². The van der Waals surface area contributed by atoms with Gasteiger partial charge in [-0.1, -0.05) is 0 Å². The highest BCUT2D eigenvalue weighted by molar-refractivity contribution is 7.15. The molecule has 140 valence electrons. The fraction of sp³-hybridized carbons (Fsp3) is 0.556. The van der Waals surface area contributed by atoms with Crippen LogP contribution in [0.1, 0.15) is 35.9 Å². The molecule has 8 heteroatoms. The number of piperazine rings is 1. The first-order valence-electron chi connectivity index (χ1n) is 8.90. The highest BCUT2D eigenvalue weighted by atomic mass is 32.1. The fourth-order valence-electron chi connectivity index (χ4n) is 3.29. The quantitative estimate of drug-likeness (QED) is 0.832. The third-order valence-corrected chi connectivity index (χ3v) is 5.35. The van der Waals surface area contributed by atoms with Gasteiger partial charge < -0.3 is 10.6 Å². The lowest BCUT2D eigenvalue weighted by Gasteiger charge is -2.38. The maximum atomic E-state index is 11.2. The van der Waals surface area contributed by atoms with Gasteiger partial charge in [0.25, 0.3) is 0 Å². The first-order chi connectivity index (χ1) is 12.4. The molecule has 0 saturated carbocycles. The number of rotatable bonds is 5. The van der Waals surface area contributed by atoms with Crippen molar-refractivity contribution < 1.29 is 4.79 Å². The summed E-state index contributed by atoms with van der Waals surface area (Å²) in [5.74, 6) is 0.744. The van der Waals surface area contributed by atoms with Crippen LogP contribution in [0.25, 0.3) is 0 Å². The number of carbonyl (C=O) groups excluding carboxylic acids is 1. The van der Waals surface area contributed by atoms with Gasteiger partial charge in [-0.3, -0.25) is 9.69 Å².